The van der Waals surface area contributed by atoms with E-state index in [0.29, 0.717) is 6.42 Å². The van der Waals surface area contributed by atoms with Crippen molar-refractivity contribution in [2.75, 3.05) is 7.05 Å². The Hall–Kier alpha value is -0.860. The maximum atomic E-state index is 11.5. The number of imide groups is 1. The first kappa shape index (κ1) is 19.1. The zero-order valence-corrected chi connectivity index (χ0v) is 13.7. The van der Waals surface area contributed by atoms with Gasteiger partial charge in [0, 0.05) is 20.4 Å². The van der Waals surface area contributed by atoms with E-state index in [0.717, 1.165) is 12.8 Å². The average molecular weight is 283 g/mol. The Kier molecular flexibility index (Phi) is 12.6. The van der Waals surface area contributed by atoms with E-state index in [1.807, 2.05) is 0 Å². The summed E-state index contributed by atoms with van der Waals surface area (Å²) < 4.78 is 0. The molecule has 0 aromatic carbocycles. The number of carbonyl (C=O) groups is 2. The molecule has 0 spiro atoms. The lowest BCUT2D eigenvalue weighted by Gasteiger charge is -2.12. The zero-order valence-electron chi connectivity index (χ0n) is 13.7. The highest BCUT2D eigenvalue weighted by Crippen LogP contribution is 2.12. The van der Waals surface area contributed by atoms with Gasteiger partial charge >= 0.3 is 0 Å². The molecular weight excluding hydrogens is 250 g/mol. The highest BCUT2D eigenvalue weighted by Gasteiger charge is 2.11. The molecule has 0 saturated heterocycles. The van der Waals surface area contributed by atoms with Crippen LogP contribution in [0.4, 0.5) is 0 Å². The highest BCUT2D eigenvalue weighted by atomic mass is 16.2. The predicted molar refractivity (Wildman–Crippen MR) is 84.5 cm³/mol. The molecule has 0 aliphatic carbocycles. The van der Waals surface area contributed by atoms with E-state index in [1.54, 1.807) is 7.05 Å². The second kappa shape index (κ2) is 13.1. The largest absolute Gasteiger partial charge is 0.286 e. The van der Waals surface area contributed by atoms with Gasteiger partial charge in [-0.1, -0.05) is 71.1 Å². The molecule has 0 unspecified atom stereocenters. The number of rotatable bonds is 12. The van der Waals surface area contributed by atoms with Crippen LogP contribution in [0.15, 0.2) is 0 Å². The fraction of sp³-hybridized carbons (Fsp3) is 0.882. The van der Waals surface area contributed by atoms with Gasteiger partial charge in [0.15, 0.2) is 0 Å². The van der Waals surface area contributed by atoms with Gasteiger partial charge in [0.1, 0.15) is 0 Å². The normalized spacial score (nSPS) is 10.6. The Morgan fingerprint density at radius 2 is 1.15 bits per heavy atom. The Morgan fingerprint density at radius 1 is 0.750 bits per heavy atom. The Balaban J connectivity index is 3.24. The summed E-state index contributed by atoms with van der Waals surface area (Å²) in [6.45, 7) is 3.68. The lowest BCUT2D eigenvalue weighted by atomic mass is 10.1. The van der Waals surface area contributed by atoms with Crippen LogP contribution in [-0.2, 0) is 9.59 Å². The van der Waals surface area contributed by atoms with E-state index < -0.39 is 0 Å². The summed E-state index contributed by atoms with van der Waals surface area (Å²) in [6, 6.07) is 0. The van der Waals surface area contributed by atoms with Crippen LogP contribution in [0.5, 0.6) is 0 Å². The summed E-state index contributed by atoms with van der Waals surface area (Å²) in [5.41, 5.74) is 0. The molecule has 0 radical (unpaired) electrons. The molecule has 118 valence electrons. The van der Waals surface area contributed by atoms with Crippen LogP contribution in [0.2, 0.25) is 0 Å². The third-order valence-electron chi connectivity index (χ3n) is 3.84. The topological polar surface area (TPSA) is 37.4 Å². The van der Waals surface area contributed by atoms with Gasteiger partial charge in [0.05, 0.1) is 0 Å². The number of nitrogens with zero attached hydrogens (tertiary/aromatic N) is 1. The second-order valence-corrected chi connectivity index (χ2v) is 5.76. The zero-order chi connectivity index (χ0) is 15.2. The van der Waals surface area contributed by atoms with Crippen LogP contribution >= 0.6 is 0 Å². The summed E-state index contributed by atoms with van der Waals surface area (Å²) >= 11 is 0. The van der Waals surface area contributed by atoms with E-state index in [2.05, 4.69) is 6.92 Å². The first-order chi connectivity index (χ1) is 9.59. The maximum Gasteiger partial charge on any atom is 0.228 e. The minimum atomic E-state index is -0.168. The molecule has 0 N–H and O–H groups in total. The summed E-state index contributed by atoms with van der Waals surface area (Å²) in [5.74, 6) is -0.216. The SMILES string of the molecule is CCCCCCCCCCCCCC(=O)N(C)C(C)=O. The number of carbonyl (C=O) groups excluding carboxylic acids is 2. The van der Waals surface area contributed by atoms with Gasteiger partial charge in [-0.05, 0) is 6.42 Å². The second-order valence-electron chi connectivity index (χ2n) is 5.76. The summed E-state index contributed by atoms with van der Waals surface area (Å²) in [4.78, 5) is 23.8. The highest BCUT2D eigenvalue weighted by molar-refractivity contribution is 5.93. The predicted octanol–water partition coefficient (Wildman–Crippen LogP) is 4.69. The van der Waals surface area contributed by atoms with E-state index in [4.69, 9.17) is 0 Å². The molecule has 0 aliphatic rings. The Morgan fingerprint density at radius 3 is 1.55 bits per heavy atom. The molecule has 0 heterocycles. The monoisotopic (exact) mass is 283 g/mol. The molecule has 0 bridgehead atoms. The number of hydrogen-bond acceptors (Lipinski definition) is 2. The number of unbranched alkanes of at least 4 members (excludes halogenated alkanes) is 10. The quantitative estimate of drug-likeness (QED) is 0.487. The van der Waals surface area contributed by atoms with Gasteiger partial charge in [0.2, 0.25) is 11.8 Å². The Bertz CT molecular complexity index is 264. The minimum Gasteiger partial charge on any atom is -0.286 e. The van der Waals surface area contributed by atoms with Crippen molar-refractivity contribution in [3.8, 4) is 0 Å². The maximum absolute atomic E-state index is 11.5. The van der Waals surface area contributed by atoms with Gasteiger partial charge in [-0.2, -0.15) is 0 Å². The lowest BCUT2D eigenvalue weighted by molar-refractivity contribution is -0.141. The number of hydrogen-bond donors (Lipinski definition) is 0. The molecule has 0 aromatic rings. The van der Waals surface area contributed by atoms with E-state index in [1.165, 1.54) is 69.6 Å². The van der Waals surface area contributed by atoms with Gasteiger partial charge in [-0.25, -0.2) is 0 Å². The average Bonchev–Trinajstić information content (AvgIpc) is 2.43. The van der Waals surface area contributed by atoms with Crippen molar-refractivity contribution >= 4 is 11.8 Å². The molecule has 0 aromatic heterocycles. The first-order valence-electron chi connectivity index (χ1n) is 8.36. The molecular formula is C17H33NO2. The van der Waals surface area contributed by atoms with Gasteiger partial charge in [0.25, 0.3) is 0 Å². The van der Waals surface area contributed by atoms with Crippen LogP contribution < -0.4 is 0 Å². The molecule has 0 fully saturated rings. The summed E-state index contributed by atoms with van der Waals surface area (Å²) in [5, 5.41) is 0. The van der Waals surface area contributed by atoms with E-state index in [-0.39, 0.29) is 11.8 Å². The van der Waals surface area contributed by atoms with Crippen molar-refractivity contribution in [2.45, 2.75) is 90.9 Å². The fourth-order valence-corrected chi connectivity index (χ4v) is 2.28. The van der Waals surface area contributed by atoms with Gasteiger partial charge in [-0.15, -0.1) is 0 Å². The molecule has 3 nitrogen and oxygen atoms in total. The van der Waals surface area contributed by atoms with E-state index in [9.17, 15) is 9.59 Å². The van der Waals surface area contributed by atoms with Gasteiger partial charge in [-0.3, -0.25) is 14.5 Å². The Labute approximate surface area is 125 Å². The van der Waals surface area contributed by atoms with Crippen LogP contribution in [0.1, 0.15) is 90.9 Å². The van der Waals surface area contributed by atoms with Crippen molar-refractivity contribution in [3.63, 3.8) is 0 Å². The molecule has 0 saturated carbocycles. The van der Waals surface area contributed by atoms with Crippen LogP contribution in [0, 0.1) is 0 Å². The molecule has 0 rings (SSSR count). The summed E-state index contributed by atoms with van der Waals surface area (Å²) in [6.07, 6.45) is 14.6. The third kappa shape index (κ3) is 11.0. The third-order valence-corrected chi connectivity index (χ3v) is 3.84. The fourth-order valence-electron chi connectivity index (χ4n) is 2.28. The standard InChI is InChI=1S/C17H33NO2/c1-4-5-6-7-8-9-10-11-12-13-14-15-17(20)18(3)16(2)19/h4-15H2,1-3H3. The van der Waals surface area contributed by atoms with Gasteiger partial charge < -0.3 is 0 Å². The molecule has 0 aliphatic heterocycles. The van der Waals surface area contributed by atoms with Crippen molar-refractivity contribution in [2.24, 2.45) is 0 Å². The summed E-state index contributed by atoms with van der Waals surface area (Å²) in [7, 11) is 1.56. The van der Waals surface area contributed by atoms with Crippen LogP contribution in [0.25, 0.3) is 0 Å². The first-order valence-corrected chi connectivity index (χ1v) is 8.36. The van der Waals surface area contributed by atoms with Crippen LogP contribution in [0.3, 0.4) is 0 Å². The minimum absolute atomic E-state index is 0.0478. The molecule has 3 heteroatoms. The molecule has 2 amide bonds. The molecule has 0 atom stereocenters. The molecule has 20 heavy (non-hydrogen) atoms. The van der Waals surface area contributed by atoms with Crippen molar-refractivity contribution in [3.05, 3.63) is 0 Å². The van der Waals surface area contributed by atoms with E-state index >= 15 is 0 Å². The lowest BCUT2D eigenvalue weighted by Crippen LogP contribution is -2.30. The van der Waals surface area contributed by atoms with Crippen molar-refractivity contribution in [1.82, 2.24) is 4.90 Å². The smallest absolute Gasteiger partial charge is 0.228 e. The number of amides is 2. The van der Waals surface area contributed by atoms with Crippen molar-refractivity contribution < 1.29 is 9.59 Å². The van der Waals surface area contributed by atoms with Crippen molar-refractivity contribution in [1.29, 1.82) is 0 Å². The van der Waals surface area contributed by atoms with Crippen LogP contribution in [-0.4, -0.2) is 23.8 Å².